The summed E-state index contributed by atoms with van der Waals surface area (Å²) in [5, 5.41) is 17.8. The number of aliphatic hydroxyl groups is 1. The molecule has 0 aliphatic rings. The van der Waals surface area contributed by atoms with Gasteiger partial charge in [-0.15, -0.1) is 11.3 Å². The first-order chi connectivity index (χ1) is 9.42. The third-order valence-electron chi connectivity index (χ3n) is 2.42. The number of benzene rings is 1. The van der Waals surface area contributed by atoms with Crippen LogP contribution in [0, 0.1) is 0 Å². The van der Waals surface area contributed by atoms with Crippen molar-refractivity contribution in [2.45, 2.75) is 10.8 Å². The molecule has 1 aromatic heterocycles. The number of nitrogens with one attached hydrogen (secondary N) is 1. The predicted octanol–water partition coefficient (Wildman–Crippen LogP) is 1.74. The fourth-order valence-electron chi connectivity index (χ4n) is 1.52. The number of rotatable bonds is 5. The average molecular weight is 313 g/mol. The van der Waals surface area contributed by atoms with Crippen LogP contribution < -0.4 is 4.72 Å². The van der Waals surface area contributed by atoms with Gasteiger partial charge in [-0.2, -0.15) is 0 Å². The Balaban J connectivity index is 2.27. The van der Waals surface area contributed by atoms with Crippen molar-refractivity contribution in [3.05, 3.63) is 46.8 Å². The number of thiophene rings is 1. The highest BCUT2D eigenvalue weighted by molar-refractivity contribution is 7.94. The van der Waals surface area contributed by atoms with Crippen molar-refractivity contribution in [3.63, 3.8) is 0 Å². The average Bonchev–Trinajstić information content (AvgIpc) is 2.89. The lowest BCUT2D eigenvalue weighted by molar-refractivity contribution is 0.0702. The van der Waals surface area contributed by atoms with Crippen LogP contribution in [0.2, 0.25) is 0 Å². The summed E-state index contributed by atoms with van der Waals surface area (Å²) in [5.41, 5.74) is 0.879. The topological polar surface area (TPSA) is 104 Å². The van der Waals surface area contributed by atoms with Gasteiger partial charge in [0.1, 0.15) is 9.09 Å². The van der Waals surface area contributed by atoms with Gasteiger partial charge in [-0.1, -0.05) is 12.1 Å². The van der Waals surface area contributed by atoms with Crippen LogP contribution in [0.1, 0.15) is 15.2 Å². The predicted molar refractivity (Wildman–Crippen MR) is 74.5 cm³/mol. The third kappa shape index (κ3) is 3.16. The molecule has 2 rings (SSSR count). The second-order valence-corrected chi connectivity index (χ2v) is 6.88. The van der Waals surface area contributed by atoms with Crippen molar-refractivity contribution in [2.75, 3.05) is 4.72 Å². The first kappa shape index (κ1) is 14.5. The molecule has 0 unspecified atom stereocenters. The van der Waals surface area contributed by atoms with Crippen molar-refractivity contribution in [2.24, 2.45) is 0 Å². The van der Waals surface area contributed by atoms with Crippen LogP contribution in [0.5, 0.6) is 0 Å². The van der Waals surface area contributed by atoms with Gasteiger partial charge in [0.15, 0.2) is 0 Å². The Kier molecular flexibility index (Phi) is 4.07. The van der Waals surface area contributed by atoms with Crippen molar-refractivity contribution in [1.82, 2.24) is 0 Å². The number of aromatic carboxylic acids is 1. The van der Waals surface area contributed by atoms with E-state index in [1.165, 1.54) is 18.2 Å². The highest BCUT2D eigenvalue weighted by Gasteiger charge is 2.19. The monoisotopic (exact) mass is 313 g/mol. The maximum atomic E-state index is 12.1. The van der Waals surface area contributed by atoms with Gasteiger partial charge in [0.2, 0.25) is 0 Å². The summed E-state index contributed by atoms with van der Waals surface area (Å²) in [6.45, 7) is -0.197. The zero-order chi connectivity index (χ0) is 14.8. The summed E-state index contributed by atoms with van der Waals surface area (Å²) in [6, 6.07) is 8.80. The molecule has 3 N–H and O–H groups in total. The van der Waals surface area contributed by atoms with Gasteiger partial charge in [0, 0.05) is 5.69 Å². The van der Waals surface area contributed by atoms with E-state index in [0.29, 0.717) is 22.6 Å². The van der Waals surface area contributed by atoms with E-state index in [-0.39, 0.29) is 15.7 Å². The second kappa shape index (κ2) is 5.61. The Morgan fingerprint density at radius 2 is 2.00 bits per heavy atom. The molecule has 8 heteroatoms. The van der Waals surface area contributed by atoms with Crippen LogP contribution in [-0.2, 0) is 16.6 Å². The summed E-state index contributed by atoms with van der Waals surface area (Å²) in [6.07, 6.45) is 0. The molecule has 0 saturated heterocycles. The molecule has 2 aromatic rings. The molecule has 0 aliphatic heterocycles. The van der Waals surface area contributed by atoms with Crippen molar-refractivity contribution < 1.29 is 23.4 Å². The quantitative estimate of drug-likeness (QED) is 0.780. The Hall–Kier alpha value is -1.90. The van der Waals surface area contributed by atoms with Crippen molar-refractivity contribution in [3.8, 4) is 0 Å². The van der Waals surface area contributed by atoms with E-state index >= 15 is 0 Å². The van der Waals surface area contributed by atoms with Crippen molar-refractivity contribution >= 4 is 33.0 Å². The summed E-state index contributed by atoms with van der Waals surface area (Å²) in [4.78, 5) is 10.7. The second-order valence-electron chi connectivity index (χ2n) is 3.89. The van der Waals surface area contributed by atoms with Gasteiger partial charge in [0.05, 0.1) is 6.61 Å². The molecule has 0 atom stereocenters. The van der Waals surface area contributed by atoms with E-state index in [1.807, 2.05) is 0 Å². The highest BCUT2D eigenvalue weighted by atomic mass is 32.2. The minimum Gasteiger partial charge on any atom is -0.477 e. The molecule has 1 aromatic carbocycles. The number of hydrogen-bond donors (Lipinski definition) is 3. The number of carboxylic acid groups (broad SMARTS) is 1. The Labute approximate surface area is 119 Å². The zero-order valence-electron chi connectivity index (χ0n) is 10.1. The van der Waals surface area contributed by atoms with E-state index in [0.717, 1.165) is 0 Å². The molecule has 0 fully saturated rings. The molecule has 0 spiro atoms. The highest BCUT2D eigenvalue weighted by Crippen LogP contribution is 2.24. The fraction of sp³-hybridized carbons (Fsp3) is 0.0833. The molecule has 1 heterocycles. The minimum atomic E-state index is -3.83. The maximum Gasteiger partial charge on any atom is 0.345 e. The van der Waals surface area contributed by atoms with Gasteiger partial charge in [-0.05, 0) is 29.8 Å². The van der Waals surface area contributed by atoms with E-state index in [4.69, 9.17) is 10.2 Å². The molecular weight excluding hydrogens is 302 g/mol. The number of anilines is 1. The molecule has 0 aliphatic carbocycles. The Morgan fingerprint density at radius 1 is 1.25 bits per heavy atom. The van der Waals surface area contributed by atoms with Crippen molar-refractivity contribution in [1.29, 1.82) is 0 Å². The molecule has 6 nitrogen and oxygen atoms in total. The molecule has 0 amide bonds. The zero-order valence-corrected chi connectivity index (χ0v) is 11.7. The van der Waals surface area contributed by atoms with Crippen LogP contribution in [0.3, 0.4) is 0 Å². The van der Waals surface area contributed by atoms with Crippen LogP contribution in [0.4, 0.5) is 5.69 Å². The fourth-order valence-corrected chi connectivity index (χ4v) is 3.71. The SMILES string of the molecule is O=C(O)c1ccc(S(=O)(=O)Nc2cccc(CO)c2)s1. The Morgan fingerprint density at radius 3 is 2.60 bits per heavy atom. The van der Waals surface area contributed by atoms with E-state index in [1.54, 1.807) is 18.2 Å². The maximum absolute atomic E-state index is 12.1. The van der Waals surface area contributed by atoms with Gasteiger partial charge in [0.25, 0.3) is 10.0 Å². The summed E-state index contributed by atoms with van der Waals surface area (Å²) >= 11 is 0.678. The number of carboxylic acids is 1. The number of carbonyl (C=O) groups is 1. The lowest BCUT2D eigenvalue weighted by atomic mass is 10.2. The van der Waals surface area contributed by atoms with Crippen LogP contribution in [0.25, 0.3) is 0 Å². The number of aliphatic hydroxyl groups excluding tert-OH is 1. The number of hydrogen-bond acceptors (Lipinski definition) is 5. The lowest BCUT2D eigenvalue weighted by Gasteiger charge is -2.07. The molecule has 20 heavy (non-hydrogen) atoms. The largest absolute Gasteiger partial charge is 0.477 e. The summed E-state index contributed by atoms with van der Waals surface area (Å²) in [5.74, 6) is -1.17. The smallest absolute Gasteiger partial charge is 0.345 e. The lowest BCUT2D eigenvalue weighted by Crippen LogP contribution is -2.11. The van der Waals surface area contributed by atoms with Crippen LogP contribution in [0.15, 0.2) is 40.6 Å². The molecule has 0 bridgehead atoms. The summed E-state index contributed by atoms with van der Waals surface area (Å²) < 4.78 is 26.4. The van der Waals surface area contributed by atoms with Crippen LogP contribution >= 0.6 is 11.3 Å². The van der Waals surface area contributed by atoms with Gasteiger partial charge in [-0.25, -0.2) is 13.2 Å². The van der Waals surface area contributed by atoms with Gasteiger partial charge in [-0.3, -0.25) is 4.72 Å². The van der Waals surface area contributed by atoms with E-state index in [9.17, 15) is 13.2 Å². The molecule has 106 valence electrons. The van der Waals surface area contributed by atoms with E-state index in [2.05, 4.69) is 4.72 Å². The standard InChI is InChI=1S/C12H11NO5S2/c14-7-8-2-1-3-9(6-8)13-20(17,18)11-5-4-10(19-11)12(15)16/h1-6,13-14H,7H2,(H,15,16). The molecule has 0 radical (unpaired) electrons. The molecule has 0 saturated carbocycles. The van der Waals surface area contributed by atoms with Gasteiger partial charge < -0.3 is 10.2 Å². The Bertz CT molecular complexity index is 736. The minimum absolute atomic E-state index is 0.0468. The third-order valence-corrected chi connectivity index (χ3v) is 5.37. The van der Waals surface area contributed by atoms with E-state index < -0.39 is 16.0 Å². The first-order valence-electron chi connectivity index (χ1n) is 5.48. The number of sulfonamides is 1. The normalized spacial score (nSPS) is 11.2. The summed E-state index contributed by atoms with van der Waals surface area (Å²) in [7, 11) is -3.83. The first-order valence-corrected chi connectivity index (χ1v) is 7.78. The molecular formula is C12H11NO5S2. The van der Waals surface area contributed by atoms with Crippen LogP contribution in [-0.4, -0.2) is 24.6 Å². The van der Waals surface area contributed by atoms with Gasteiger partial charge >= 0.3 is 5.97 Å².